The van der Waals surface area contributed by atoms with E-state index in [1.807, 2.05) is 61.2 Å². The van der Waals surface area contributed by atoms with E-state index in [2.05, 4.69) is 114 Å². The number of likely N-dealkylation sites (N-methyl/N-ethyl adjacent to an activating group) is 2. The second-order valence-electron chi connectivity index (χ2n) is 20.2. The molecule has 73 heavy (non-hydrogen) atoms. The van der Waals surface area contributed by atoms with Gasteiger partial charge in [-0.25, -0.2) is 19.6 Å². The van der Waals surface area contributed by atoms with E-state index in [9.17, 15) is 9.59 Å². The highest BCUT2D eigenvalue weighted by Crippen LogP contribution is 2.43. The Balaban J connectivity index is 0.829. The summed E-state index contributed by atoms with van der Waals surface area (Å²) in [4.78, 5) is 48.2. The smallest absolute Gasteiger partial charge is 0.399 e. The number of amides is 2. The van der Waals surface area contributed by atoms with Crippen LogP contribution in [0.1, 0.15) is 51.4 Å². The lowest BCUT2D eigenvalue weighted by molar-refractivity contribution is -0.929. The molecular formula is C57H68N10O4S2+2. The van der Waals surface area contributed by atoms with Crippen LogP contribution < -0.4 is 10.6 Å². The van der Waals surface area contributed by atoms with E-state index in [0.717, 1.165) is 126 Å². The third-order valence-corrected chi connectivity index (χ3v) is 16.7. The third kappa shape index (κ3) is 11.6. The van der Waals surface area contributed by atoms with Crippen LogP contribution in [0.4, 0.5) is 42.3 Å². The molecule has 2 aromatic heterocycles. The number of ether oxygens (including phenoxy) is 2. The topological polar surface area (TPSA) is 114 Å². The van der Waals surface area contributed by atoms with Crippen molar-refractivity contribution < 1.29 is 28.0 Å². The molecule has 4 aliphatic heterocycles. The molecule has 10 rings (SSSR count). The molecular weight excluding hydrogens is 953 g/mol. The number of nitrogens with zero attached hydrogens (tertiary/aromatic N) is 8. The molecule has 2 N–H and O–H groups in total. The molecule has 0 radical (unpaired) electrons. The first kappa shape index (κ1) is 49.8. The van der Waals surface area contributed by atoms with Gasteiger partial charge < -0.3 is 39.7 Å². The van der Waals surface area contributed by atoms with Crippen molar-refractivity contribution in [3.05, 3.63) is 153 Å². The second-order valence-corrected chi connectivity index (χ2v) is 22.6. The molecule has 16 heteroatoms. The summed E-state index contributed by atoms with van der Waals surface area (Å²) in [6.45, 7) is 15.5. The first-order valence-corrected chi connectivity index (χ1v) is 27.3. The normalized spacial score (nSPS) is 16.4. The average Bonchev–Trinajstić information content (AvgIpc) is 3.89. The molecule has 0 unspecified atom stereocenters. The highest BCUT2D eigenvalue weighted by molar-refractivity contribution is 7.17. The predicted octanol–water partition coefficient (Wildman–Crippen LogP) is 10.8. The number of hydrogen-bond acceptors (Lipinski definition) is 12. The van der Waals surface area contributed by atoms with Crippen molar-refractivity contribution in [2.45, 2.75) is 40.2 Å². The summed E-state index contributed by atoms with van der Waals surface area (Å²) < 4.78 is 13.3. The fourth-order valence-electron chi connectivity index (χ4n) is 10.0. The van der Waals surface area contributed by atoms with Gasteiger partial charge in [0.2, 0.25) is 13.5 Å². The van der Waals surface area contributed by atoms with Crippen LogP contribution >= 0.6 is 22.7 Å². The lowest BCUT2D eigenvalue weighted by atomic mass is 10.1. The molecule has 0 atom stereocenters. The SMILES string of the molecule is CCN(CC)C(=O)OC[N+]1(C)CCN(C2=Nc3ccccc3Nc3sc(Cc4ccc5c(c4)N=C(N4CC[N+](C)(COC(=O)N(CCc6ccccc6)Cc6ccccc6)CC4)c4cc(C)sc4N5)cc32)CC1. The molecule has 14 nitrogen and oxygen atoms in total. The molecule has 0 aliphatic carbocycles. The van der Waals surface area contributed by atoms with Crippen LogP contribution in [0.5, 0.6) is 0 Å². The molecule has 0 spiro atoms. The monoisotopic (exact) mass is 1020 g/mol. The molecule has 6 aromatic rings. The number of carbonyl (C=O) groups is 2. The molecule has 4 aliphatic rings. The van der Waals surface area contributed by atoms with Crippen LogP contribution in [0.25, 0.3) is 0 Å². The van der Waals surface area contributed by atoms with Crippen molar-refractivity contribution in [2.75, 3.05) is 110 Å². The molecule has 380 valence electrons. The number of rotatable bonds is 13. The third-order valence-electron chi connectivity index (χ3n) is 14.7. The number of hydrogen-bond donors (Lipinski definition) is 2. The number of thiophene rings is 2. The van der Waals surface area contributed by atoms with E-state index in [-0.39, 0.29) is 12.2 Å². The minimum absolute atomic E-state index is 0.248. The van der Waals surface area contributed by atoms with E-state index in [4.69, 9.17) is 19.5 Å². The van der Waals surface area contributed by atoms with E-state index < -0.39 is 0 Å². The van der Waals surface area contributed by atoms with Crippen molar-refractivity contribution in [3.8, 4) is 0 Å². The van der Waals surface area contributed by atoms with Gasteiger partial charge >= 0.3 is 12.2 Å². The summed E-state index contributed by atoms with van der Waals surface area (Å²) >= 11 is 3.54. The van der Waals surface area contributed by atoms with Crippen LogP contribution in [0, 0.1) is 6.92 Å². The second kappa shape index (κ2) is 21.8. The minimum Gasteiger partial charge on any atom is -0.399 e. The first-order chi connectivity index (χ1) is 35.4. The highest BCUT2D eigenvalue weighted by atomic mass is 32.1. The average molecular weight is 1020 g/mol. The van der Waals surface area contributed by atoms with Crippen LogP contribution in [-0.2, 0) is 28.9 Å². The number of anilines is 4. The molecule has 6 heterocycles. The van der Waals surface area contributed by atoms with Gasteiger partial charge in [0.1, 0.15) is 21.7 Å². The van der Waals surface area contributed by atoms with Crippen molar-refractivity contribution in [1.82, 2.24) is 19.6 Å². The molecule has 2 fully saturated rings. The van der Waals surface area contributed by atoms with Crippen molar-refractivity contribution in [1.29, 1.82) is 0 Å². The zero-order valence-corrected chi connectivity index (χ0v) is 44.4. The van der Waals surface area contributed by atoms with E-state index in [1.54, 1.807) is 27.6 Å². The molecule has 2 amide bonds. The van der Waals surface area contributed by atoms with Gasteiger partial charge in [-0.15, -0.1) is 22.7 Å². The van der Waals surface area contributed by atoms with Gasteiger partial charge in [-0.05, 0) is 80.3 Å². The Morgan fingerprint density at radius 2 is 1.15 bits per heavy atom. The number of aliphatic imine (C=N–C) groups is 2. The number of fused-ring (bicyclic) bond motifs is 4. The van der Waals surface area contributed by atoms with Crippen molar-refractivity contribution >= 4 is 79.3 Å². The number of nitrogens with one attached hydrogen (secondary N) is 2. The first-order valence-electron chi connectivity index (χ1n) is 25.7. The highest BCUT2D eigenvalue weighted by Gasteiger charge is 2.36. The van der Waals surface area contributed by atoms with E-state index in [1.165, 1.54) is 20.9 Å². The van der Waals surface area contributed by atoms with Crippen molar-refractivity contribution in [3.63, 3.8) is 0 Å². The summed E-state index contributed by atoms with van der Waals surface area (Å²) in [6, 6.07) is 39.9. The van der Waals surface area contributed by atoms with Crippen LogP contribution in [0.2, 0.25) is 0 Å². The Labute approximate surface area is 438 Å². The zero-order valence-electron chi connectivity index (χ0n) is 42.8. The Morgan fingerprint density at radius 1 is 0.616 bits per heavy atom. The summed E-state index contributed by atoms with van der Waals surface area (Å²) in [5.74, 6) is 1.95. The number of benzene rings is 4. The van der Waals surface area contributed by atoms with Crippen molar-refractivity contribution in [2.24, 2.45) is 9.98 Å². The van der Waals surface area contributed by atoms with Crippen LogP contribution in [0.15, 0.2) is 125 Å². The van der Waals surface area contributed by atoms with E-state index in [0.29, 0.717) is 48.6 Å². The Hall–Kier alpha value is -6.72. The standard InChI is InChI=1S/C57H68N10O4S2/c1-6-62(7-2)56(68)70-39-66(4)32-28-64(29-33-66)53-47-37-45(73-55(47)60-49-21-15-14-20-48(49)58-53)35-44-22-23-50-51(36-44)59-52(46-34-41(3)72-54(46)61-50)63-26-30-67(5,31-27-63)40-71-57(69)65(38-43-18-12-9-13-19-43)25-24-42-16-10-8-11-17-42/h8-23,34,36-37,60-61H,6-7,24-33,35,38-40H2,1-5H3/q+2. The van der Waals surface area contributed by atoms with Crippen LogP contribution in [-0.4, -0.2) is 152 Å². The fraction of sp³-hybridized carbons (Fsp3) is 0.368. The Kier molecular flexibility index (Phi) is 14.9. The van der Waals surface area contributed by atoms with Gasteiger partial charge in [-0.2, -0.15) is 0 Å². The van der Waals surface area contributed by atoms with Gasteiger partial charge in [0.15, 0.2) is 0 Å². The van der Waals surface area contributed by atoms with E-state index >= 15 is 0 Å². The summed E-state index contributed by atoms with van der Waals surface area (Å²) in [5, 5.41) is 9.70. The summed E-state index contributed by atoms with van der Waals surface area (Å²) in [7, 11) is 4.37. The Morgan fingerprint density at radius 3 is 1.78 bits per heavy atom. The number of aryl methyl sites for hydroxylation is 1. The molecule has 0 bridgehead atoms. The van der Waals surface area contributed by atoms with Gasteiger partial charge in [0, 0.05) is 42.4 Å². The maximum Gasteiger partial charge on any atom is 0.414 e. The zero-order chi connectivity index (χ0) is 50.5. The summed E-state index contributed by atoms with van der Waals surface area (Å²) in [6.07, 6.45) is 0.974. The minimum atomic E-state index is -0.280. The molecule has 2 saturated heterocycles. The largest absolute Gasteiger partial charge is 0.414 e. The predicted molar refractivity (Wildman–Crippen MR) is 296 cm³/mol. The lowest BCUT2D eigenvalue weighted by Crippen LogP contribution is -2.59. The maximum absolute atomic E-state index is 13.8. The number of piperazine rings is 2. The summed E-state index contributed by atoms with van der Waals surface area (Å²) in [5.41, 5.74) is 9.51. The fourth-order valence-corrected chi connectivity index (χ4v) is 12.0. The maximum atomic E-state index is 13.8. The number of amidine groups is 2. The number of para-hydroxylation sites is 2. The van der Waals surface area contributed by atoms with Gasteiger partial charge in [-0.3, -0.25) is 8.97 Å². The number of carbonyl (C=O) groups excluding carboxylic acids is 2. The quantitative estimate of drug-likeness (QED) is 0.110. The molecule has 0 saturated carbocycles. The van der Waals surface area contributed by atoms with Gasteiger partial charge in [0.05, 0.1) is 100 Å². The van der Waals surface area contributed by atoms with Gasteiger partial charge in [-0.1, -0.05) is 78.9 Å². The van der Waals surface area contributed by atoms with Crippen LogP contribution in [0.3, 0.4) is 0 Å². The van der Waals surface area contributed by atoms with Gasteiger partial charge in [0.25, 0.3) is 0 Å². The lowest BCUT2D eigenvalue weighted by Gasteiger charge is -2.42. The Bertz CT molecular complexity index is 2970. The molecule has 4 aromatic carbocycles. The number of quaternary nitrogens is 2.